The van der Waals surface area contributed by atoms with Gasteiger partial charge in [-0.05, 0) is 51.4 Å². The van der Waals surface area contributed by atoms with Crippen LogP contribution >= 0.6 is 0 Å². The van der Waals surface area contributed by atoms with Crippen molar-refractivity contribution in [2.75, 3.05) is 13.2 Å². The van der Waals surface area contributed by atoms with E-state index in [1.165, 1.54) is 12.8 Å². The predicted octanol–water partition coefficient (Wildman–Crippen LogP) is 2.24. The molecule has 0 aromatic rings. The molecule has 2 aliphatic heterocycles. The summed E-state index contributed by atoms with van der Waals surface area (Å²) in [5.41, 5.74) is 0. The Morgan fingerprint density at radius 2 is 1.59 bits per heavy atom. The van der Waals surface area contributed by atoms with Gasteiger partial charge < -0.3 is 9.84 Å². The van der Waals surface area contributed by atoms with Crippen LogP contribution in [0.2, 0.25) is 0 Å². The van der Waals surface area contributed by atoms with Crippen molar-refractivity contribution in [2.24, 2.45) is 11.8 Å². The maximum atomic E-state index is 10.6. The molecule has 0 saturated carbocycles. The molecule has 2 saturated heterocycles. The first-order valence-electron chi connectivity index (χ1n) is 7.14. The fourth-order valence-electron chi connectivity index (χ4n) is 3.49. The molecule has 1 N–H and O–H groups in total. The van der Waals surface area contributed by atoms with Crippen LogP contribution in [0.5, 0.6) is 0 Å². The first-order chi connectivity index (χ1) is 8.11. The molecule has 3 nitrogen and oxygen atoms in total. The number of likely N-dealkylation sites (tertiary alicyclic amines) is 1. The Morgan fingerprint density at radius 3 is 2.12 bits per heavy atom. The predicted molar refractivity (Wildman–Crippen MR) is 68.7 cm³/mol. The summed E-state index contributed by atoms with van der Waals surface area (Å²) in [6, 6.07) is 1.06. The van der Waals surface area contributed by atoms with Gasteiger partial charge in [0.1, 0.15) is 6.23 Å². The van der Waals surface area contributed by atoms with Crippen LogP contribution in [0.4, 0.5) is 0 Å². The Morgan fingerprint density at radius 1 is 1.06 bits per heavy atom. The van der Waals surface area contributed by atoms with Crippen molar-refractivity contribution in [1.82, 2.24) is 4.90 Å². The molecule has 2 aliphatic rings. The van der Waals surface area contributed by atoms with Crippen molar-refractivity contribution in [3.8, 4) is 0 Å². The smallest absolute Gasteiger partial charge is 0.110 e. The van der Waals surface area contributed by atoms with Gasteiger partial charge in [0.25, 0.3) is 0 Å². The highest BCUT2D eigenvalue weighted by Gasteiger charge is 2.37. The lowest BCUT2D eigenvalue weighted by Gasteiger charge is -2.39. The summed E-state index contributed by atoms with van der Waals surface area (Å²) < 4.78 is 5.40. The largest absolute Gasteiger partial charge is 0.381 e. The van der Waals surface area contributed by atoms with E-state index in [0.29, 0.717) is 23.9 Å². The van der Waals surface area contributed by atoms with Gasteiger partial charge >= 0.3 is 0 Å². The molecule has 4 unspecified atom stereocenters. The van der Waals surface area contributed by atoms with Gasteiger partial charge in [0.15, 0.2) is 0 Å². The van der Waals surface area contributed by atoms with Crippen LogP contribution in [-0.2, 0) is 4.74 Å². The zero-order valence-corrected chi connectivity index (χ0v) is 11.4. The summed E-state index contributed by atoms with van der Waals surface area (Å²) in [6.45, 7) is 8.42. The summed E-state index contributed by atoms with van der Waals surface area (Å²) in [5.74, 6) is 0.987. The number of hydrogen-bond acceptors (Lipinski definition) is 3. The molecule has 4 atom stereocenters. The quantitative estimate of drug-likeness (QED) is 0.822. The highest BCUT2D eigenvalue weighted by molar-refractivity contribution is 4.87. The minimum Gasteiger partial charge on any atom is -0.381 e. The van der Waals surface area contributed by atoms with Crippen LogP contribution in [0.25, 0.3) is 0 Å². The Hall–Kier alpha value is -0.120. The highest BCUT2D eigenvalue weighted by Crippen LogP contribution is 2.33. The summed E-state index contributed by atoms with van der Waals surface area (Å²) in [6.07, 6.45) is 4.38. The van der Waals surface area contributed by atoms with Gasteiger partial charge in [0, 0.05) is 25.3 Å². The molecular weight excluding hydrogens is 214 g/mol. The molecule has 0 amide bonds. The van der Waals surface area contributed by atoms with Gasteiger partial charge in [-0.1, -0.05) is 6.92 Å². The van der Waals surface area contributed by atoms with Crippen LogP contribution in [0.1, 0.15) is 46.5 Å². The van der Waals surface area contributed by atoms with Crippen molar-refractivity contribution in [1.29, 1.82) is 0 Å². The number of rotatable bonds is 3. The lowest BCUT2D eigenvalue weighted by Crippen LogP contribution is -2.47. The zero-order chi connectivity index (χ0) is 12.4. The number of hydrogen-bond donors (Lipinski definition) is 1. The fourth-order valence-corrected chi connectivity index (χ4v) is 3.49. The third-order valence-corrected chi connectivity index (χ3v) is 4.81. The molecule has 0 aliphatic carbocycles. The second-order valence-corrected chi connectivity index (χ2v) is 5.95. The highest BCUT2D eigenvalue weighted by atomic mass is 16.5. The topological polar surface area (TPSA) is 32.7 Å². The van der Waals surface area contributed by atoms with E-state index in [1.807, 2.05) is 0 Å². The number of aliphatic hydroxyl groups excluding tert-OH is 1. The summed E-state index contributed by atoms with van der Waals surface area (Å²) in [7, 11) is 0. The van der Waals surface area contributed by atoms with E-state index in [4.69, 9.17) is 4.74 Å². The minimum absolute atomic E-state index is 0.273. The molecule has 0 radical (unpaired) electrons. The summed E-state index contributed by atoms with van der Waals surface area (Å²) in [4.78, 5) is 2.32. The van der Waals surface area contributed by atoms with E-state index in [9.17, 15) is 5.11 Å². The summed E-state index contributed by atoms with van der Waals surface area (Å²) in [5, 5.41) is 10.6. The second kappa shape index (κ2) is 5.68. The fraction of sp³-hybridized carbons (Fsp3) is 1.00. The van der Waals surface area contributed by atoms with Crippen molar-refractivity contribution in [2.45, 2.75) is 64.8 Å². The van der Waals surface area contributed by atoms with Crippen molar-refractivity contribution in [3.05, 3.63) is 0 Å². The van der Waals surface area contributed by atoms with Crippen LogP contribution in [0.3, 0.4) is 0 Å². The van der Waals surface area contributed by atoms with Crippen LogP contribution in [0, 0.1) is 11.8 Å². The van der Waals surface area contributed by atoms with Gasteiger partial charge in [0.2, 0.25) is 0 Å². The molecule has 3 heteroatoms. The Balaban J connectivity index is 1.95. The molecule has 0 aromatic carbocycles. The first-order valence-corrected chi connectivity index (χ1v) is 7.14. The third-order valence-electron chi connectivity index (χ3n) is 4.81. The molecule has 0 bridgehead atoms. The molecule has 17 heavy (non-hydrogen) atoms. The Labute approximate surface area is 105 Å². The second-order valence-electron chi connectivity index (χ2n) is 5.95. The van der Waals surface area contributed by atoms with Gasteiger partial charge in [-0.25, -0.2) is 0 Å². The minimum atomic E-state index is -0.273. The zero-order valence-electron chi connectivity index (χ0n) is 11.4. The Bertz CT molecular complexity index is 230. The maximum Gasteiger partial charge on any atom is 0.110 e. The lowest BCUT2D eigenvalue weighted by molar-refractivity contribution is -0.0858. The van der Waals surface area contributed by atoms with Gasteiger partial charge in [0.05, 0.1) is 0 Å². The van der Waals surface area contributed by atoms with Crippen molar-refractivity contribution < 1.29 is 9.84 Å². The van der Waals surface area contributed by atoms with E-state index in [1.54, 1.807) is 0 Å². The number of ether oxygens (including phenoxy) is 1. The molecule has 2 rings (SSSR count). The number of nitrogens with zero attached hydrogens (tertiary/aromatic N) is 1. The van der Waals surface area contributed by atoms with E-state index in [2.05, 4.69) is 25.7 Å². The molecule has 100 valence electrons. The van der Waals surface area contributed by atoms with E-state index < -0.39 is 0 Å². The monoisotopic (exact) mass is 241 g/mol. The van der Waals surface area contributed by atoms with Crippen molar-refractivity contribution >= 4 is 0 Å². The maximum absolute atomic E-state index is 10.6. The number of aliphatic hydroxyl groups is 1. The van der Waals surface area contributed by atoms with E-state index >= 15 is 0 Å². The lowest BCUT2D eigenvalue weighted by atomic mass is 9.85. The van der Waals surface area contributed by atoms with Crippen molar-refractivity contribution in [3.63, 3.8) is 0 Å². The summed E-state index contributed by atoms with van der Waals surface area (Å²) >= 11 is 0. The van der Waals surface area contributed by atoms with E-state index in [0.717, 1.165) is 26.1 Å². The molecule has 0 aromatic heterocycles. The average Bonchev–Trinajstić information content (AvgIpc) is 2.68. The SMILES string of the molecule is CC(C1CCOCC1)C(O)N1C(C)CCC1C. The van der Waals surface area contributed by atoms with Crippen LogP contribution < -0.4 is 0 Å². The van der Waals surface area contributed by atoms with Crippen LogP contribution in [0.15, 0.2) is 0 Å². The molecule has 2 heterocycles. The van der Waals surface area contributed by atoms with Gasteiger partial charge in [-0.15, -0.1) is 0 Å². The van der Waals surface area contributed by atoms with Crippen LogP contribution in [-0.4, -0.2) is 41.5 Å². The van der Waals surface area contributed by atoms with E-state index in [-0.39, 0.29) is 6.23 Å². The van der Waals surface area contributed by atoms with Gasteiger partial charge in [-0.3, -0.25) is 4.90 Å². The molecular formula is C14H27NO2. The standard InChI is InChI=1S/C14H27NO2/c1-10-4-5-11(2)15(10)14(16)12(3)13-6-8-17-9-7-13/h10-14,16H,4-9H2,1-3H3. The third kappa shape index (κ3) is 2.83. The average molecular weight is 241 g/mol. The van der Waals surface area contributed by atoms with Gasteiger partial charge in [-0.2, -0.15) is 0 Å². The molecule has 2 fully saturated rings. The Kier molecular flexibility index (Phi) is 4.45. The normalized spacial score (nSPS) is 36.0. The molecule has 0 spiro atoms. The first kappa shape index (κ1) is 13.3.